The van der Waals surface area contributed by atoms with Crippen LogP contribution in [0.2, 0.25) is 0 Å². The molecule has 0 saturated heterocycles. The normalized spacial score (nSPS) is 12.8. The van der Waals surface area contributed by atoms with Crippen molar-refractivity contribution < 1.29 is 42.4 Å². The molecule has 1 aromatic heterocycles. The van der Waals surface area contributed by atoms with Gasteiger partial charge < -0.3 is 28.8 Å². The number of benzene rings is 2. The van der Waals surface area contributed by atoms with E-state index in [9.17, 15) is 13.6 Å². The lowest BCUT2D eigenvalue weighted by Gasteiger charge is -2.18. The number of thiazole rings is 1. The number of ether oxygens (including phenoxy) is 5. The number of carbonyl (C=O) groups is 1. The van der Waals surface area contributed by atoms with Gasteiger partial charge in [0.15, 0.2) is 23.0 Å². The largest absolute Gasteiger partial charge is 0.502 e. The van der Waals surface area contributed by atoms with Crippen LogP contribution in [0, 0.1) is 0 Å². The van der Waals surface area contributed by atoms with Gasteiger partial charge in [-0.2, -0.15) is 8.78 Å². The molecule has 0 aliphatic carbocycles. The van der Waals surface area contributed by atoms with Gasteiger partial charge in [-0.1, -0.05) is 0 Å². The topological polar surface area (TPSA) is 96.3 Å². The molecule has 0 radical (unpaired) electrons. The van der Waals surface area contributed by atoms with Crippen molar-refractivity contribution in [3.63, 3.8) is 0 Å². The molecule has 2 aromatic carbocycles. The third-order valence-corrected chi connectivity index (χ3v) is 5.14. The summed E-state index contributed by atoms with van der Waals surface area (Å²) in [4.78, 5) is 15.2. The number of carboxylic acid groups (broad SMARTS) is 1. The number of halogens is 2. The summed E-state index contributed by atoms with van der Waals surface area (Å²) in [5.74, 6) is -2.03. The van der Waals surface area contributed by atoms with E-state index in [1.807, 2.05) is 0 Å². The standard InChI is InChI=1S/C18H13F2NO7S/c1-24-12-3-8(4-13(25-2)15(12)28-18(19,20)17(22)23)16-21-9-5-10-11(27-7-26-10)6-14(9)29-16/h3-6H,7H2,1-2H3,(H,22,23). The van der Waals surface area contributed by atoms with E-state index in [1.54, 1.807) is 12.1 Å². The number of methoxy groups -OCH3 is 2. The molecule has 1 N–H and O–H groups in total. The number of hydrogen-bond acceptors (Lipinski definition) is 8. The predicted octanol–water partition coefficient (Wildman–Crippen LogP) is 3.77. The van der Waals surface area contributed by atoms with Crippen LogP contribution in [0.5, 0.6) is 28.7 Å². The Morgan fingerprint density at radius 1 is 1.14 bits per heavy atom. The van der Waals surface area contributed by atoms with Gasteiger partial charge in [0.2, 0.25) is 12.5 Å². The minimum Gasteiger partial charge on any atom is -0.493 e. The quantitative estimate of drug-likeness (QED) is 0.638. The number of fused-ring (bicyclic) bond motifs is 2. The average Bonchev–Trinajstić information content (AvgIpc) is 3.31. The fraction of sp³-hybridized carbons (Fsp3) is 0.222. The molecule has 11 heteroatoms. The van der Waals surface area contributed by atoms with Crippen molar-refractivity contribution in [2.45, 2.75) is 6.11 Å². The molecule has 0 unspecified atom stereocenters. The van der Waals surface area contributed by atoms with E-state index in [-0.39, 0.29) is 18.3 Å². The van der Waals surface area contributed by atoms with Crippen molar-refractivity contribution in [2.75, 3.05) is 21.0 Å². The Kier molecular flexibility index (Phi) is 4.53. The molecule has 0 saturated carbocycles. The third-order valence-electron chi connectivity index (χ3n) is 4.07. The molecule has 4 rings (SSSR count). The summed E-state index contributed by atoms with van der Waals surface area (Å²) in [6.45, 7) is 0.149. The highest BCUT2D eigenvalue weighted by molar-refractivity contribution is 7.21. The van der Waals surface area contributed by atoms with Gasteiger partial charge in [-0.15, -0.1) is 11.3 Å². The summed E-state index contributed by atoms with van der Waals surface area (Å²) >= 11 is 1.34. The van der Waals surface area contributed by atoms with Gasteiger partial charge in [-0.05, 0) is 12.1 Å². The van der Waals surface area contributed by atoms with E-state index in [4.69, 9.17) is 24.1 Å². The maximum absolute atomic E-state index is 13.6. The minimum atomic E-state index is -4.46. The Hall–Kier alpha value is -3.34. The first-order chi connectivity index (χ1) is 13.8. The van der Waals surface area contributed by atoms with Crippen molar-refractivity contribution in [2.24, 2.45) is 0 Å². The molecular formula is C18H13F2NO7S. The molecule has 0 spiro atoms. The molecule has 0 bridgehead atoms. The molecule has 29 heavy (non-hydrogen) atoms. The number of nitrogens with zero attached hydrogens (tertiary/aromatic N) is 1. The molecule has 0 atom stereocenters. The Balaban J connectivity index is 1.79. The molecule has 8 nitrogen and oxygen atoms in total. The molecular weight excluding hydrogens is 412 g/mol. The lowest BCUT2D eigenvalue weighted by atomic mass is 10.2. The number of carboxylic acids is 1. The van der Waals surface area contributed by atoms with Crippen LogP contribution in [0.25, 0.3) is 20.8 Å². The minimum absolute atomic E-state index is 0.131. The second-order valence-corrected chi connectivity index (χ2v) is 6.86. The summed E-state index contributed by atoms with van der Waals surface area (Å²) in [5.41, 5.74) is 1.18. The maximum atomic E-state index is 13.6. The smallest absolute Gasteiger partial charge is 0.493 e. The van der Waals surface area contributed by atoms with Crippen molar-refractivity contribution in [1.29, 1.82) is 0 Å². The van der Waals surface area contributed by atoms with Crippen LogP contribution < -0.4 is 23.7 Å². The van der Waals surface area contributed by atoms with E-state index in [0.29, 0.717) is 27.6 Å². The highest BCUT2D eigenvalue weighted by atomic mass is 32.1. The molecule has 2 heterocycles. The number of aliphatic carboxylic acids is 1. The zero-order chi connectivity index (χ0) is 20.8. The molecule has 3 aromatic rings. The second-order valence-electron chi connectivity index (χ2n) is 5.83. The monoisotopic (exact) mass is 425 g/mol. The predicted molar refractivity (Wildman–Crippen MR) is 97.5 cm³/mol. The lowest BCUT2D eigenvalue weighted by molar-refractivity contribution is -0.211. The van der Waals surface area contributed by atoms with Crippen molar-refractivity contribution >= 4 is 27.5 Å². The summed E-state index contributed by atoms with van der Waals surface area (Å²) in [6, 6.07) is 6.37. The summed E-state index contributed by atoms with van der Waals surface area (Å²) in [7, 11) is 2.48. The zero-order valence-corrected chi connectivity index (χ0v) is 15.8. The zero-order valence-electron chi connectivity index (χ0n) is 15.0. The number of hydrogen-bond donors (Lipinski definition) is 1. The third kappa shape index (κ3) is 3.33. The Labute approximate surface area is 166 Å². The first kappa shape index (κ1) is 19.0. The Morgan fingerprint density at radius 2 is 1.76 bits per heavy atom. The van der Waals surface area contributed by atoms with Crippen LogP contribution in [0.3, 0.4) is 0 Å². The van der Waals surface area contributed by atoms with Gasteiger partial charge in [0.25, 0.3) is 0 Å². The van der Waals surface area contributed by atoms with Gasteiger partial charge in [0.05, 0.1) is 24.4 Å². The molecule has 1 aliphatic heterocycles. The van der Waals surface area contributed by atoms with Gasteiger partial charge in [0, 0.05) is 17.7 Å². The van der Waals surface area contributed by atoms with Gasteiger partial charge in [-0.25, -0.2) is 9.78 Å². The Bertz CT molecular complexity index is 1050. The van der Waals surface area contributed by atoms with Gasteiger partial charge in [-0.3, -0.25) is 0 Å². The fourth-order valence-corrected chi connectivity index (χ4v) is 3.68. The highest BCUT2D eigenvalue weighted by Crippen LogP contribution is 2.46. The van der Waals surface area contributed by atoms with Crippen LogP contribution >= 0.6 is 11.3 Å². The number of alkyl halides is 2. The van der Waals surface area contributed by atoms with Crippen LogP contribution in [-0.2, 0) is 4.79 Å². The van der Waals surface area contributed by atoms with Crippen LogP contribution in [0.1, 0.15) is 0 Å². The first-order valence-electron chi connectivity index (χ1n) is 8.09. The van der Waals surface area contributed by atoms with E-state index in [0.717, 1.165) is 4.70 Å². The second kappa shape index (κ2) is 6.92. The average molecular weight is 425 g/mol. The summed E-state index contributed by atoms with van der Waals surface area (Å²) in [6.07, 6.45) is -4.46. The summed E-state index contributed by atoms with van der Waals surface area (Å²) < 4.78 is 53.3. The lowest BCUT2D eigenvalue weighted by Crippen LogP contribution is -2.35. The van der Waals surface area contributed by atoms with Gasteiger partial charge in [0.1, 0.15) is 5.01 Å². The Morgan fingerprint density at radius 3 is 2.34 bits per heavy atom. The number of aromatic nitrogens is 1. The van der Waals surface area contributed by atoms with Crippen molar-refractivity contribution in [3.05, 3.63) is 24.3 Å². The van der Waals surface area contributed by atoms with E-state index in [1.165, 1.54) is 37.7 Å². The maximum Gasteiger partial charge on any atom is 0.502 e. The van der Waals surface area contributed by atoms with Crippen molar-refractivity contribution in [3.8, 4) is 39.3 Å². The number of rotatable bonds is 6. The first-order valence-corrected chi connectivity index (χ1v) is 8.91. The van der Waals surface area contributed by atoms with Gasteiger partial charge >= 0.3 is 12.1 Å². The highest BCUT2D eigenvalue weighted by Gasteiger charge is 2.44. The molecule has 0 amide bonds. The van der Waals surface area contributed by atoms with Crippen LogP contribution in [-0.4, -0.2) is 43.2 Å². The van der Waals surface area contributed by atoms with Crippen LogP contribution in [0.15, 0.2) is 24.3 Å². The molecule has 1 aliphatic rings. The molecule has 0 fully saturated rings. The van der Waals surface area contributed by atoms with Crippen LogP contribution in [0.4, 0.5) is 8.78 Å². The van der Waals surface area contributed by atoms with Crippen molar-refractivity contribution in [1.82, 2.24) is 4.98 Å². The summed E-state index contributed by atoms with van der Waals surface area (Å²) in [5, 5.41) is 9.18. The SMILES string of the molecule is COc1cc(-c2nc3cc4c(cc3s2)OCO4)cc(OC)c1OC(F)(F)C(=O)O. The molecule has 152 valence electrons. The fourth-order valence-electron chi connectivity index (χ4n) is 2.72. The van der Waals surface area contributed by atoms with E-state index in [2.05, 4.69) is 9.72 Å². The van der Waals surface area contributed by atoms with E-state index < -0.39 is 17.8 Å². The van der Waals surface area contributed by atoms with E-state index >= 15 is 0 Å².